The van der Waals surface area contributed by atoms with Crippen LogP contribution in [0.15, 0.2) is 59.9 Å². The standard InChI is InChI=1S/C15H11N5O/c16-15-18-5-2-14(19-15)20-8-12(10-3-6-21-9-10)11-7-17-4-1-13(11)20/h1-9H,(H2,16,18,19). The van der Waals surface area contributed by atoms with E-state index in [1.165, 1.54) is 0 Å². The van der Waals surface area contributed by atoms with Gasteiger partial charge in [-0.2, -0.15) is 4.98 Å². The molecule has 0 atom stereocenters. The molecule has 0 fully saturated rings. The van der Waals surface area contributed by atoms with Crippen molar-refractivity contribution in [2.75, 3.05) is 5.73 Å². The number of hydrogen-bond acceptors (Lipinski definition) is 5. The van der Waals surface area contributed by atoms with Gasteiger partial charge in [-0.1, -0.05) is 0 Å². The predicted octanol–water partition coefficient (Wildman–Crippen LogP) is 2.66. The molecule has 0 aliphatic heterocycles. The average Bonchev–Trinajstić information content (AvgIpc) is 3.14. The molecule has 0 saturated heterocycles. The highest BCUT2D eigenvalue weighted by Gasteiger charge is 2.13. The third-order valence-corrected chi connectivity index (χ3v) is 3.34. The lowest BCUT2D eigenvalue weighted by molar-refractivity contribution is 0.568. The molecule has 0 amide bonds. The number of anilines is 1. The zero-order chi connectivity index (χ0) is 14.2. The molecule has 0 aliphatic carbocycles. The van der Waals surface area contributed by atoms with Gasteiger partial charge in [0.1, 0.15) is 5.82 Å². The molecule has 0 radical (unpaired) electrons. The lowest BCUT2D eigenvalue weighted by Crippen LogP contribution is -2.00. The van der Waals surface area contributed by atoms with E-state index in [0.717, 1.165) is 22.0 Å². The van der Waals surface area contributed by atoms with Crippen molar-refractivity contribution < 1.29 is 4.42 Å². The Morgan fingerprint density at radius 1 is 1.14 bits per heavy atom. The Hall–Kier alpha value is -3.15. The van der Waals surface area contributed by atoms with Crippen LogP contribution in [0.5, 0.6) is 0 Å². The fourth-order valence-corrected chi connectivity index (χ4v) is 2.41. The van der Waals surface area contributed by atoms with Gasteiger partial charge in [0, 0.05) is 41.3 Å². The summed E-state index contributed by atoms with van der Waals surface area (Å²) in [4.78, 5) is 12.4. The van der Waals surface area contributed by atoms with Crippen LogP contribution in [-0.4, -0.2) is 19.5 Å². The van der Waals surface area contributed by atoms with Gasteiger partial charge in [-0.15, -0.1) is 0 Å². The van der Waals surface area contributed by atoms with Gasteiger partial charge in [0.25, 0.3) is 0 Å². The fourth-order valence-electron chi connectivity index (χ4n) is 2.41. The molecule has 0 aromatic carbocycles. The highest BCUT2D eigenvalue weighted by molar-refractivity contribution is 5.96. The van der Waals surface area contributed by atoms with E-state index >= 15 is 0 Å². The van der Waals surface area contributed by atoms with Crippen LogP contribution in [0.25, 0.3) is 27.8 Å². The molecular weight excluding hydrogens is 266 g/mol. The summed E-state index contributed by atoms with van der Waals surface area (Å²) in [6.45, 7) is 0. The van der Waals surface area contributed by atoms with E-state index in [4.69, 9.17) is 10.2 Å². The second-order valence-corrected chi connectivity index (χ2v) is 4.59. The van der Waals surface area contributed by atoms with Gasteiger partial charge in [0.2, 0.25) is 5.95 Å². The maximum absolute atomic E-state index is 5.68. The smallest absolute Gasteiger partial charge is 0.221 e. The maximum atomic E-state index is 5.68. The normalized spacial score (nSPS) is 11.0. The lowest BCUT2D eigenvalue weighted by atomic mass is 10.1. The number of nitrogen functional groups attached to an aromatic ring is 1. The van der Waals surface area contributed by atoms with Crippen LogP contribution >= 0.6 is 0 Å². The Labute approximate surface area is 119 Å². The minimum atomic E-state index is 0.244. The summed E-state index contributed by atoms with van der Waals surface area (Å²) < 4.78 is 7.15. The summed E-state index contributed by atoms with van der Waals surface area (Å²) in [7, 11) is 0. The van der Waals surface area contributed by atoms with Crippen LogP contribution in [0.4, 0.5) is 5.95 Å². The molecule has 102 valence electrons. The van der Waals surface area contributed by atoms with E-state index in [1.54, 1.807) is 24.9 Å². The molecule has 4 aromatic heterocycles. The summed E-state index contributed by atoms with van der Waals surface area (Å²) in [5.41, 5.74) is 8.70. The van der Waals surface area contributed by atoms with Gasteiger partial charge in [-0.3, -0.25) is 4.98 Å². The third-order valence-electron chi connectivity index (χ3n) is 3.34. The monoisotopic (exact) mass is 277 g/mol. The van der Waals surface area contributed by atoms with Gasteiger partial charge in [-0.05, 0) is 18.2 Å². The quantitative estimate of drug-likeness (QED) is 0.609. The Morgan fingerprint density at radius 3 is 2.90 bits per heavy atom. The first-order chi connectivity index (χ1) is 10.3. The second kappa shape index (κ2) is 4.45. The number of rotatable bonds is 2. The molecule has 0 bridgehead atoms. The SMILES string of the molecule is Nc1nccc(-n2cc(-c3ccoc3)c3cnccc32)n1. The molecule has 0 spiro atoms. The van der Waals surface area contributed by atoms with Crippen molar-refractivity contribution in [2.24, 2.45) is 0 Å². The topological polar surface area (TPSA) is 82.8 Å². The first-order valence-electron chi connectivity index (χ1n) is 6.39. The van der Waals surface area contributed by atoms with E-state index < -0.39 is 0 Å². The number of fused-ring (bicyclic) bond motifs is 1. The number of nitrogens with zero attached hydrogens (tertiary/aromatic N) is 4. The summed E-state index contributed by atoms with van der Waals surface area (Å²) in [6.07, 6.45) is 10.6. The molecule has 4 rings (SSSR count). The lowest BCUT2D eigenvalue weighted by Gasteiger charge is -2.03. The Kier molecular flexibility index (Phi) is 2.47. The van der Waals surface area contributed by atoms with Crippen molar-refractivity contribution in [3.63, 3.8) is 0 Å². The van der Waals surface area contributed by atoms with Crippen molar-refractivity contribution in [3.05, 3.63) is 55.5 Å². The number of pyridine rings is 1. The van der Waals surface area contributed by atoms with Crippen LogP contribution in [-0.2, 0) is 0 Å². The Morgan fingerprint density at radius 2 is 2.10 bits per heavy atom. The zero-order valence-electron chi connectivity index (χ0n) is 11.0. The first-order valence-corrected chi connectivity index (χ1v) is 6.39. The number of nitrogens with two attached hydrogens (primary N) is 1. The molecule has 6 heteroatoms. The average molecular weight is 277 g/mol. The summed E-state index contributed by atoms with van der Waals surface area (Å²) in [5.74, 6) is 0.960. The van der Waals surface area contributed by atoms with E-state index in [2.05, 4.69) is 15.0 Å². The number of aromatic nitrogens is 4. The summed E-state index contributed by atoms with van der Waals surface area (Å²) >= 11 is 0. The molecule has 6 nitrogen and oxygen atoms in total. The molecule has 0 saturated carbocycles. The van der Waals surface area contributed by atoms with Gasteiger partial charge < -0.3 is 14.7 Å². The Balaban J connectivity index is 2.02. The van der Waals surface area contributed by atoms with Gasteiger partial charge in [-0.25, -0.2) is 4.98 Å². The minimum Gasteiger partial charge on any atom is -0.472 e. The maximum Gasteiger partial charge on any atom is 0.221 e. The van der Waals surface area contributed by atoms with Gasteiger partial charge in [0.15, 0.2) is 0 Å². The fraction of sp³-hybridized carbons (Fsp3) is 0. The molecule has 21 heavy (non-hydrogen) atoms. The minimum absolute atomic E-state index is 0.244. The molecule has 2 N–H and O–H groups in total. The van der Waals surface area contributed by atoms with Crippen molar-refractivity contribution in [1.82, 2.24) is 19.5 Å². The van der Waals surface area contributed by atoms with Gasteiger partial charge >= 0.3 is 0 Å². The number of furan rings is 1. The predicted molar refractivity (Wildman–Crippen MR) is 78.8 cm³/mol. The number of hydrogen-bond donors (Lipinski definition) is 1. The highest BCUT2D eigenvalue weighted by Crippen LogP contribution is 2.31. The largest absolute Gasteiger partial charge is 0.472 e. The Bertz CT molecular complexity index is 911. The van der Waals surface area contributed by atoms with E-state index in [-0.39, 0.29) is 5.95 Å². The van der Waals surface area contributed by atoms with Crippen LogP contribution in [0.2, 0.25) is 0 Å². The molecule has 0 aliphatic rings. The van der Waals surface area contributed by atoms with Crippen molar-refractivity contribution in [3.8, 4) is 16.9 Å². The van der Waals surface area contributed by atoms with E-state index in [1.807, 2.05) is 35.2 Å². The van der Waals surface area contributed by atoms with Crippen LogP contribution in [0, 0.1) is 0 Å². The summed E-state index contributed by atoms with van der Waals surface area (Å²) in [5, 5.41) is 1.02. The van der Waals surface area contributed by atoms with Crippen LogP contribution < -0.4 is 5.73 Å². The third kappa shape index (κ3) is 1.85. The molecule has 0 unspecified atom stereocenters. The van der Waals surface area contributed by atoms with Gasteiger partial charge in [0.05, 0.1) is 18.0 Å². The molecular formula is C15H11N5O. The van der Waals surface area contributed by atoms with Crippen molar-refractivity contribution in [1.29, 1.82) is 0 Å². The van der Waals surface area contributed by atoms with Crippen molar-refractivity contribution in [2.45, 2.75) is 0 Å². The van der Waals surface area contributed by atoms with Crippen LogP contribution in [0.3, 0.4) is 0 Å². The van der Waals surface area contributed by atoms with Crippen LogP contribution in [0.1, 0.15) is 0 Å². The molecule has 4 heterocycles. The zero-order valence-corrected chi connectivity index (χ0v) is 11.0. The van der Waals surface area contributed by atoms with Crippen molar-refractivity contribution >= 4 is 16.9 Å². The summed E-state index contributed by atoms with van der Waals surface area (Å²) in [6, 6.07) is 5.67. The van der Waals surface area contributed by atoms with E-state index in [9.17, 15) is 0 Å². The molecule has 4 aromatic rings. The second-order valence-electron chi connectivity index (χ2n) is 4.59. The first kappa shape index (κ1) is 11.7. The van der Waals surface area contributed by atoms with E-state index in [0.29, 0.717) is 5.82 Å². The highest BCUT2D eigenvalue weighted by atomic mass is 16.3.